The zero-order valence-corrected chi connectivity index (χ0v) is 16.9. The third-order valence-electron chi connectivity index (χ3n) is 4.25. The Morgan fingerprint density at radius 3 is 2.41 bits per heavy atom. The summed E-state index contributed by atoms with van der Waals surface area (Å²) in [5.41, 5.74) is 2.33. The van der Waals surface area contributed by atoms with Crippen LogP contribution >= 0.6 is 12.2 Å². The van der Waals surface area contributed by atoms with Crippen molar-refractivity contribution in [3.8, 4) is 5.75 Å². The van der Waals surface area contributed by atoms with Crippen molar-refractivity contribution in [3.63, 3.8) is 0 Å². The molecule has 2 aromatic carbocycles. The number of thiocarbonyl (C=S) groups is 1. The van der Waals surface area contributed by atoms with Gasteiger partial charge in [0.1, 0.15) is 5.75 Å². The third-order valence-corrected chi connectivity index (χ3v) is 4.45. The number of carbonyl (C=O) groups excluding carboxylic acids is 1. The molecule has 0 spiro atoms. The van der Waals surface area contributed by atoms with Gasteiger partial charge >= 0.3 is 0 Å². The Kier molecular flexibility index (Phi) is 8.78. The van der Waals surface area contributed by atoms with Gasteiger partial charge in [-0.05, 0) is 61.5 Å². The van der Waals surface area contributed by atoms with E-state index < -0.39 is 0 Å². The summed E-state index contributed by atoms with van der Waals surface area (Å²) < 4.78 is 5.75. The Morgan fingerprint density at radius 2 is 1.70 bits per heavy atom. The summed E-state index contributed by atoms with van der Waals surface area (Å²) in [5.74, 6) is 0.625. The normalized spacial score (nSPS) is 10.3. The number of rotatable bonds is 9. The van der Waals surface area contributed by atoms with E-state index in [2.05, 4.69) is 17.6 Å². The van der Waals surface area contributed by atoms with Crippen molar-refractivity contribution in [3.05, 3.63) is 59.7 Å². The number of unbranched alkanes of at least 4 members (excludes halogenated alkanes) is 4. The van der Waals surface area contributed by atoms with Crippen LogP contribution in [0.3, 0.4) is 0 Å². The maximum Gasteiger partial charge on any atom is 0.257 e. The highest BCUT2D eigenvalue weighted by molar-refractivity contribution is 7.80. The van der Waals surface area contributed by atoms with Crippen LogP contribution in [-0.2, 0) is 0 Å². The van der Waals surface area contributed by atoms with E-state index in [0.29, 0.717) is 5.56 Å². The fourth-order valence-corrected chi connectivity index (χ4v) is 2.90. The molecule has 0 saturated heterocycles. The lowest BCUT2D eigenvalue weighted by molar-refractivity contribution is 0.0977. The van der Waals surface area contributed by atoms with Crippen LogP contribution in [0.5, 0.6) is 5.75 Å². The summed E-state index contributed by atoms with van der Waals surface area (Å²) in [6.07, 6.45) is 6.11. The quantitative estimate of drug-likeness (QED) is 0.444. The summed E-state index contributed by atoms with van der Waals surface area (Å²) in [7, 11) is 0. The maximum atomic E-state index is 12.3. The number of hydrogen-bond acceptors (Lipinski definition) is 3. The van der Waals surface area contributed by atoms with Crippen molar-refractivity contribution < 1.29 is 9.53 Å². The molecule has 0 saturated carbocycles. The zero-order chi connectivity index (χ0) is 19.5. The van der Waals surface area contributed by atoms with Gasteiger partial charge in [-0.3, -0.25) is 10.1 Å². The van der Waals surface area contributed by atoms with Crippen molar-refractivity contribution in [1.82, 2.24) is 5.32 Å². The van der Waals surface area contributed by atoms with Crippen molar-refractivity contribution >= 4 is 28.9 Å². The van der Waals surface area contributed by atoms with Crippen LogP contribution in [0.15, 0.2) is 48.5 Å². The van der Waals surface area contributed by atoms with Crippen molar-refractivity contribution in [2.75, 3.05) is 11.9 Å². The second-order valence-corrected chi connectivity index (χ2v) is 6.92. The standard InChI is InChI=1S/C22H28N2O2S/c1-3-4-5-6-9-16-26-19-14-12-18(13-15-19)23-22(27)24-21(25)20-11-8-7-10-17(20)2/h7-8,10-15H,3-6,9,16H2,1-2H3,(H2,23,24,25,27). The number of nitrogens with one attached hydrogen (secondary N) is 2. The molecule has 0 aromatic heterocycles. The first-order chi connectivity index (χ1) is 13.1. The molecule has 0 aliphatic carbocycles. The maximum absolute atomic E-state index is 12.3. The van der Waals surface area contributed by atoms with Gasteiger partial charge in [-0.1, -0.05) is 50.8 Å². The van der Waals surface area contributed by atoms with Crippen LogP contribution in [-0.4, -0.2) is 17.6 Å². The lowest BCUT2D eigenvalue weighted by Crippen LogP contribution is -2.34. The van der Waals surface area contributed by atoms with Crippen molar-refractivity contribution in [1.29, 1.82) is 0 Å². The second-order valence-electron chi connectivity index (χ2n) is 6.51. The first kappa shape index (κ1) is 20.9. The van der Waals surface area contributed by atoms with Gasteiger partial charge in [-0.15, -0.1) is 0 Å². The van der Waals surface area contributed by atoms with Crippen LogP contribution in [0.4, 0.5) is 5.69 Å². The largest absolute Gasteiger partial charge is 0.494 e. The van der Waals surface area contributed by atoms with Gasteiger partial charge in [-0.25, -0.2) is 0 Å². The molecule has 2 aromatic rings. The van der Waals surface area contributed by atoms with Gasteiger partial charge in [0.05, 0.1) is 6.61 Å². The fraction of sp³-hybridized carbons (Fsp3) is 0.364. The molecule has 0 aliphatic rings. The molecule has 0 unspecified atom stereocenters. The van der Waals surface area contributed by atoms with Crippen LogP contribution in [0.2, 0.25) is 0 Å². The van der Waals surface area contributed by atoms with Gasteiger partial charge < -0.3 is 10.1 Å². The molecule has 2 rings (SSSR count). The topological polar surface area (TPSA) is 50.4 Å². The van der Waals surface area contributed by atoms with Crippen molar-refractivity contribution in [2.45, 2.75) is 46.0 Å². The Morgan fingerprint density at radius 1 is 1.00 bits per heavy atom. The average molecular weight is 385 g/mol. The lowest BCUT2D eigenvalue weighted by Gasteiger charge is -2.11. The number of benzene rings is 2. The molecule has 0 radical (unpaired) electrons. The van der Waals surface area contributed by atoms with E-state index in [-0.39, 0.29) is 11.0 Å². The van der Waals surface area contributed by atoms with E-state index in [1.165, 1.54) is 25.7 Å². The zero-order valence-electron chi connectivity index (χ0n) is 16.1. The second kappa shape index (κ2) is 11.3. The van der Waals surface area contributed by atoms with Gasteiger partial charge in [-0.2, -0.15) is 0 Å². The summed E-state index contributed by atoms with van der Waals surface area (Å²) in [5, 5.41) is 6.00. The molecular weight excluding hydrogens is 356 g/mol. The summed E-state index contributed by atoms with van der Waals surface area (Å²) in [6.45, 7) is 4.85. The Labute approximate surface area is 167 Å². The van der Waals surface area contributed by atoms with E-state index in [1.807, 2.05) is 49.4 Å². The van der Waals surface area contributed by atoms with E-state index in [1.54, 1.807) is 6.07 Å². The van der Waals surface area contributed by atoms with E-state index in [9.17, 15) is 4.79 Å². The molecule has 2 N–H and O–H groups in total. The minimum absolute atomic E-state index is 0.214. The third kappa shape index (κ3) is 7.39. The first-order valence-corrected chi connectivity index (χ1v) is 9.92. The predicted molar refractivity (Wildman–Crippen MR) is 116 cm³/mol. The van der Waals surface area contributed by atoms with Crippen LogP contribution in [0.25, 0.3) is 0 Å². The van der Waals surface area contributed by atoms with E-state index in [0.717, 1.165) is 30.0 Å². The van der Waals surface area contributed by atoms with Crippen molar-refractivity contribution in [2.24, 2.45) is 0 Å². The predicted octanol–water partition coefficient (Wildman–Crippen LogP) is 5.47. The summed E-state index contributed by atoms with van der Waals surface area (Å²) in [6, 6.07) is 15.0. The van der Waals surface area contributed by atoms with Crippen LogP contribution < -0.4 is 15.4 Å². The summed E-state index contributed by atoms with van der Waals surface area (Å²) in [4.78, 5) is 12.3. The Balaban J connectivity index is 1.76. The molecule has 144 valence electrons. The number of ether oxygens (including phenoxy) is 1. The summed E-state index contributed by atoms with van der Waals surface area (Å²) >= 11 is 5.23. The lowest BCUT2D eigenvalue weighted by atomic mass is 10.1. The molecular formula is C22H28N2O2S. The highest BCUT2D eigenvalue weighted by atomic mass is 32.1. The Hall–Kier alpha value is -2.40. The minimum atomic E-state index is -0.214. The van der Waals surface area contributed by atoms with Gasteiger partial charge in [0, 0.05) is 11.3 Å². The molecule has 0 atom stereocenters. The van der Waals surface area contributed by atoms with E-state index in [4.69, 9.17) is 17.0 Å². The highest BCUT2D eigenvalue weighted by Gasteiger charge is 2.10. The number of carbonyl (C=O) groups is 1. The van der Waals surface area contributed by atoms with Gasteiger partial charge in [0.2, 0.25) is 0 Å². The Bertz CT molecular complexity index is 744. The number of hydrogen-bond donors (Lipinski definition) is 2. The van der Waals surface area contributed by atoms with Crippen LogP contribution in [0, 0.1) is 6.92 Å². The number of anilines is 1. The monoisotopic (exact) mass is 384 g/mol. The number of amides is 1. The SMILES string of the molecule is CCCCCCCOc1ccc(NC(=S)NC(=O)c2ccccc2C)cc1. The highest BCUT2D eigenvalue weighted by Crippen LogP contribution is 2.16. The average Bonchev–Trinajstić information content (AvgIpc) is 2.66. The molecule has 4 nitrogen and oxygen atoms in total. The molecule has 0 fully saturated rings. The first-order valence-electron chi connectivity index (χ1n) is 9.51. The van der Waals surface area contributed by atoms with Gasteiger partial charge in [0.25, 0.3) is 5.91 Å². The number of aryl methyl sites for hydroxylation is 1. The molecule has 5 heteroatoms. The fourth-order valence-electron chi connectivity index (χ4n) is 2.69. The van der Waals surface area contributed by atoms with Gasteiger partial charge in [0.15, 0.2) is 5.11 Å². The minimum Gasteiger partial charge on any atom is -0.494 e. The molecule has 1 amide bonds. The molecule has 0 heterocycles. The molecule has 27 heavy (non-hydrogen) atoms. The molecule has 0 bridgehead atoms. The smallest absolute Gasteiger partial charge is 0.257 e. The van der Waals surface area contributed by atoms with Crippen LogP contribution in [0.1, 0.15) is 54.9 Å². The van der Waals surface area contributed by atoms with E-state index >= 15 is 0 Å². The molecule has 0 aliphatic heterocycles.